The zero-order valence-electron chi connectivity index (χ0n) is 22.1. The number of amides is 1. The molecule has 0 saturated heterocycles. The van der Waals surface area contributed by atoms with Crippen LogP contribution in [-0.2, 0) is 16.6 Å². The van der Waals surface area contributed by atoms with E-state index in [4.69, 9.17) is 10.5 Å². The number of fused-ring (bicyclic) bond motifs is 1. The summed E-state index contributed by atoms with van der Waals surface area (Å²) >= 11 is 0. The molecule has 0 radical (unpaired) electrons. The van der Waals surface area contributed by atoms with Crippen molar-refractivity contribution >= 4 is 22.8 Å². The van der Waals surface area contributed by atoms with Gasteiger partial charge in [0.2, 0.25) is 5.91 Å². The van der Waals surface area contributed by atoms with E-state index in [1.165, 1.54) is 64.2 Å². The lowest BCUT2D eigenvalue weighted by Gasteiger charge is -2.38. The Morgan fingerprint density at radius 3 is 2.28 bits per heavy atom. The Morgan fingerprint density at radius 1 is 1.13 bits per heavy atom. The van der Waals surface area contributed by atoms with Gasteiger partial charge in [-0.05, 0) is 62.3 Å². The average Bonchev–Trinajstić information content (AvgIpc) is 3.14. The largest absolute Gasteiger partial charge is 0.496 e. The number of H-pyrrole nitrogens is 1. The van der Waals surface area contributed by atoms with Gasteiger partial charge < -0.3 is 25.7 Å². The van der Waals surface area contributed by atoms with Gasteiger partial charge in [-0.2, -0.15) is 13.2 Å². The summed E-state index contributed by atoms with van der Waals surface area (Å²) in [4.78, 5) is 28.3. The van der Waals surface area contributed by atoms with Crippen molar-refractivity contribution in [1.82, 2.24) is 9.88 Å². The number of carboxylic acids is 1. The van der Waals surface area contributed by atoms with Crippen LogP contribution in [0.15, 0.2) is 36.4 Å². The smallest absolute Gasteiger partial charge is 0.417 e. The Balaban J connectivity index is 2.23. The van der Waals surface area contributed by atoms with Gasteiger partial charge in [-0.1, -0.05) is 13.8 Å². The van der Waals surface area contributed by atoms with Gasteiger partial charge in [0, 0.05) is 34.1 Å². The van der Waals surface area contributed by atoms with Gasteiger partial charge in [0.05, 0.1) is 12.7 Å². The summed E-state index contributed by atoms with van der Waals surface area (Å²) in [5.74, 6) is -2.69. The van der Waals surface area contributed by atoms with Crippen LogP contribution < -0.4 is 10.5 Å². The van der Waals surface area contributed by atoms with Gasteiger partial charge in [-0.3, -0.25) is 9.69 Å². The standard InChI is InChI=1S/C27H31F4N3O5/c1-25(2,17-11-15(28)7-9-20(17)39-5)13-26(38,27(29,30)31)12-19-21(22(23(32)35)34(3)4)16-10-14(24(36)37)6-8-18(16)33-19/h6-11,22,33,38H,12-13H2,1-5H3,(H2,32,35)(H,36,37). The molecule has 0 saturated carbocycles. The molecule has 212 valence electrons. The molecule has 2 aromatic carbocycles. The normalized spacial score (nSPS) is 14.8. The maximum atomic E-state index is 14.6. The molecule has 1 heterocycles. The number of primary amides is 1. The van der Waals surface area contributed by atoms with Crippen LogP contribution in [0.5, 0.6) is 5.75 Å². The number of carboxylic acid groups (broad SMARTS) is 1. The van der Waals surface area contributed by atoms with E-state index >= 15 is 0 Å². The topological polar surface area (TPSA) is 129 Å². The third-order valence-corrected chi connectivity index (χ3v) is 6.85. The number of aromatic amines is 1. The Hall–Kier alpha value is -3.64. The molecule has 5 N–H and O–H groups in total. The fourth-order valence-electron chi connectivity index (χ4n) is 5.10. The number of carbonyl (C=O) groups excluding carboxylic acids is 1. The number of methoxy groups -OCH3 is 1. The number of carbonyl (C=O) groups is 2. The Kier molecular flexibility index (Phi) is 8.05. The van der Waals surface area contributed by atoms with Crippen LogP contribution in [0.25, 0.3) is 10.9 Å². The number of aromatic carboxylic acids is 1. The molecule has 3 rings (SSSR count). The molecule has 0 aliphatic rings. The molecule has 2 unspecified atom stereocenters. The van der Waals surface area contributed by atoms with Gasteiger partial charge in [-0.25, -0.2) is 9.18 Å². The van der Waals surface area contributed by atoms with Gasteiger partial charge in [0.1, 0.15) is 17.6 Å². The predicted octanol–water partition coefficient (Wildman–Crippen LogP) is 4.31. The van der Waals surface area contributed by atoms with E-state index in [2.05, 4.69) is 4.98 Å². The van der Waals surface area contributed by atoms with E-state index in [1.807, 2.05) is 0 Å². The van der Waals surface area contributed by atoms with Crippen molar-refractivity contribution in [2.24, 2.45) is 5.73 Å². The van der Waals surface area contributed by atoms with Gasteiger partial charge in [0.25, 0.3) is 0 Å². The number of nitrogens with zero attached hydrogens (tertiary/aromatic N) is 1. The molecule has 39 heavy (non-hydrogen) atoms. The van der Waals surface area contributed by atoms with Crippen LogP contribution in [0.2, 0.25) is 0 Å². The fraction of sp³-hybridized carbons (Fsp3) is 0.407. The molecular formula is C27H31F4N3O5. The summed E-state index contributed by atoms with van der Waals surface area (Å²) in [6.07, 6.45) is -7.09. The van der Waals surface area contributed by atoms with E-state index in [9.17, 15) is 37.4 Å². The zero-order chi connectivity index (χ0) is 29.5. The SMILES string of the molecule is COc1ccc(F)cc1C(C)(C)CC(O)(Cc1[nH]c2ccc(C(=O)O)cc2c1C(C(N)=O)N(C)C)C(F)(F)F. The van der Waals surface area contributed by atoms with E-state index in [1.54, 1.807) is 0 Å². The van der Waals surface area contributed by atoms with Crippen molar-refractivity contribution in [3.8, 4) is 5.75 Å². The van der Waals surface area contributed by atoms with Crippen molar-refractivity contribution in [3.63, 3.8) is 0 Å². The maximum absolute atomic E-state index is 14.6. The van der Waals surface area contributed by atoms with Gasteiger partial charge in [0.15, 0.2) is 5.60 Å². The quantitative estimate of drug-likeness (QED) is 0.277. The third kappa shape index (κ3) is 5.86. The molecular weight excluding hydrogens is 522 g/mol. The van der Waals surface area contributed by atoms with Crippen LogP contribution in [0.1, 0.15) is 53.5 Å². The first kappa shape index (κ1) is 29.9. The Labute approximate surface area is 222 Å². The van der Waals surface area contributed by atoms with Crippen molar-refractivity contribution in [2.75, 3.05) is 21.2 Å². The van der Waals surface area contributed by atoms with E-state index in [0.717, 1.165) is 12.1 Å². The first-order chi connectivity index (χ1) is 17.9. The van der Waals surface area contributed by atoms with Crippen LogP contribution in [-0.4, -0.2) is 65.0 Å². The lowest BCUT2D eigenvalue weighted by atomic mass is 9.72. The van der Waals surface area contributed by atoms with E-state index < -0.39 is 53.8 Å². The lowest BCUT2D eigenvalue weighted by Crippen LogP contribution is -2.51. The highest BCUT2D eigenvalue weighted by atomic mass is 19.4. The average molecular weight is 554 g/mol. The number of ether oxygens (including phenoxy) is 1. The summed E-state index contributed by atoms with van der Waals surface area (Å²) in [7, 11) is 4.29. The first-order valence-corrected chi connectivity index (χ1v) is 11.9. The Morgan fingerprint density at radius 2 is 1.77 bits per heavy atom. The summed E-state index contributed by atoms with van der Waals surface area (Å²) in [5.41, 5.74) is 0.915. The number of hydrogen-bond donors (Lipinski definition) is 4. The molecule has 3 aromatic rings. The van der Waals surface area contributed by atoms with Gasteiger partial charge >= 0.3 is 12.1 Å². The maximum Gasteiger partial charge on any atom is 0.417 e. The second-order valence-electron chi connectivity index (χ2n) is 10.5. The second kappa shape index (κ2) is 10.5. The molecule has 2 atom stereocenters. The molecule has 1 aromatic heterocycles. The number of aromatic nitrogens is 1. The summed E-state index contributed by atoms with van der Waals surface area (Å²) in [6.45, 7) is 2.86. The van der Waals surface area contributed by atoms with Gasteiger partial charge in [-0.15, -0.1) is 0 Å². The molecule has 12 heteroatoms. The van der Waals surface area contributed by atoms with E-state index in [0.29, 0.717) is 0 Å². The monoisotopic (exact) mass is 553 g/mol. The summed E-state index contributed by atoms with van der Waals surface area (Å²) in [6, 6.07) is 6.09. The molecule has 0 spiro atoms. The first-order valence-electron chi connectivity index (χ1n) is 11.9. The third-order valence-electron chi connectivity index (χ3n) is 6.85. The van der Waals surface area contributed by atoms with Crippen LogP contribution in [0, 0.1) is 5.82 Å². The number of alkyl halides is 3. The molecule has 0 bridgehead atoms. The zero-order valence-corrected chi connectivity index (χ0v) is 22.1. The van der Waals surface area contributed by atoms with Crippen molar-refractivity contribution in [1.29, 1.82) is 0 Å². The minimum atomic E-state index is -5.16. The number of benzene rings is 2. The minimum Gasteiger partial charge on any atom is -0.496 e. The molecule has 1 amide bonds. The highest BCUT2D eigenvalue weighted by Gasteiger charge is 2.56. The number of halogens is 4. The fourth-order valence-corrected chi connectivity index (χ4v) is 5.10. The number of nitrogens with two attached hydrogens (primary N) is 1. The number of likely N-dealkylation sites (N-methyl/N-ethyl adjacent to an activating group) is 1. The number of rotatable bonds is 10. The van der Waals surface area contributed by atoms with Crippen molar-refractivity contribution in [2.45, 2.75) is 49.9 Å². The number of hydrogen-bond acceptors (Lipinski definition) is 5. The molecule has 0 aliphatic heterocycles. The Bertz CT molecular complexity index is 1400. The minimum absolute atomic E-state index is 0.0226. The van der Waals surface area contributed by atoms with Crippen molar-refractivity contribution in [3.05, 3.63) is 64.6 Å². The highest BCUT2D eigenvalue weighted by molar-refractivity contribution is 5.97. The molecule has 0 aliphatic carbocycles. The van der Waals surface area contributed by atoms with Crippen LogP contribution >= 0.6 is 0 Å². The summed E-state index contributed by atoms with van der Waals surface area (Å²) < 4.78 is 63.2. The van der Waals surface area contributed by atoms with Crippen LogP contribution in [0.3, 0.4) is 0 Å². The predicted molar refractivity (Wildman–Crippen MR) is 136 cm³/mol. The number of nitrogens with one attached hydrogen (secondary N) is 1. The van der Waals surface area contributed by atoms with Crippen molar-refractivity contribution < 1.29 is 42.1 Å². The lowest BCUT2D eigenvalue weighted by molar-refractivity contribution is -0.266. The summed E-state index contributed by atoms with van der Waals surface area (Å²) in [5, 5.41) is 20.9. The van der Waals surface area contributed by atoms with Crippen LogP contribution in [0.4, 0.5) is 17.6 Å². The second-order valence-corrected chi connectivity index (χ2v) is 10.5. The number of aliphatic hydroxyl groups is 1. The highest BCUT2D eigenvalue weighted by Crippen LogP contribution is 2.46. The molecule has 0 fully saturated rings. The van der Waals surface area contributed by atoms with E-state index in [-0.39, 0.29) is 39.0 Å². The molecule has 8 nitrogen and oxygen atoms in total.